The number of hydrogen-bond donors (Lipinski definition) is 2. The average molecular weight is 370 g/mol. The largest absolute Gasteiger partial charge is 0.393 e. The summed E-state index contributed by atoms with van der Waals surface area (Å²) in [5, 5.41) is 23.2. The number of nitrogens with zero attached hydrogens (tertiary/aromatic N) is 3. The average Bonchev–Trinajstić information content (AvgIpc) is 3.24. The molecule has 6 nitrogen and oxygen atoms in total. The fraction of sp³-hybridized carbons (Fsp3) is 0.176. The van der Waals surface area contributed by atoms with Crippen LogP contribution in [0.5, 0.6) is 0 Å². The van der Waals surface area contributed by atoms with Gasteiger partial charge >= 0.3 is 0 Å². The minimum Gasteiger partial charge on any atom is -0.393 e. The van der Waals surface area contributed by atoms with Gasteiger partial charge < -0.3 is 5.11 Å². The van der Waals surface area contributed by atoms with Crippen molar-refractivity contribution in [1.29, 1.82) is 5.26 Å². The van der Waals surface area contributed by atoms with Gasteiger partial charge in [0, 0.05) is 28.2 Å². The lowest BCUT2D eigenvalue weighted by atomic mass is 10.1. The summed E-state index contributed by atoms with van der Waals surface area (Å²) in [5.41, 5.74) is 2.00. The maximum atomic E-state index is 12.3. The van der Waals surface area contributed by atoms with E-state index >= 15 is 0 Å². The van der Waals surface area contributed by atoms with Crippen LogP contribution in [0.4, 0.5) is 5.13 Å². The number of nitriles is 1. The number of benzene rings is 1. The van der Waals surface area contributed by atoms with Crippen LogP contribution in [-0.4, -0.2) is 26.5 Å². The molecule has 3 rings (SSSR count). The van der Waals surface area contributed by atoms with Gasteiger partial charge in [0.15, 0.2) is 0 Å². The van der Waals surface area contributed by atoms with E-state index < -0.39 is 6.10 Å². The molecule has 0 saturated carbocycles. The second-order valence-electron chi connectivity index (χ2n) is 5.42. The van der Waals surface area contributed by atoms with Crippen LogP contribution in [0.2, 0.25) is 0 Å². The lowest BCUT2D eigenvalue weighted by Gasteiger charge is -1.99. The molecule has 1 aromatic carbocycles. The summed E-state index contributed by atoms with van der Waals surface area (Å²) < 4.78 is 4.10. The molecule has 3 aromatic rings. The topological polar surface area (TPSA) is 98.9 Å². The Kier molecular flexibility index (Phi) is 5.19. The molecule has 1 atom stereocenters. The van der Waals surface area contributed by atoms with E-state index in [0.29, 0.717) is 28.5 Å². The van der Waals surface area contributed by atoms with Crippen molar-refractivity contribution >= 4 is 33.9 Å². The van der Waals surface area contributed by atoms with E-state index in [1.807, 2.05) is 12.1 Å². The molecule has 2 aromatic heterocycles. The van der Waals surface area contributed by atoms with Crippen LogP contribution in [0, 0.1) is 11.3 Å². The van der Waals surface area contributed by atoms with Gasteiger partial charge in [-0.25, -0.2) is 4.98 Å². The second-order valence-corrected chi connectivity index (χ2v) is 7.08. The first-order chi connectivity index (χ1) is 12.0. The number of thiophene rings is 1. The Balaban J connectivity index is 1.72. The van der Waals surface area contributed by atoms with Crippen LogP contribution in [-0.2, 0) is 6.42 Å². The molecule has 25 heavy (non-hydrogen) atoms. The van der Waals surface area contributed by atoms with Crippen molar-refractivity contribution in [3.05, 3.63) is 52.7 Å². The Morgan fingerprint density at radius 3 is 3.04 bits per heavy atom. The molecular formula is C17H14N4O2S2. The summed E-state index contributed by atoms with van der Waals surface area (Å²) in [4.78, 5) is 17.4. The second kappa shape index (κ2) is 7.53. The third-order valence-electron chi connectivity index (χ3n) is 3.30. The Morgan fingerprint density at radius 2 is 2.28 bits per heavy atom. The Morgan fingerprint density at radius 1 is 1.44 bits per heavy atom. The first-order valence-electron chi connectivity index (χ1n) is 7.46. The van der Waals surface area contributed by atoms with Gasteiger partial charge in [-0.1, -0.05) is 12.1 Å². The molecule has 1 amide bonds. The number of aliphatic hydroxyl groups excluding tert-OH is 1. The van der Waals surface area contributed by atoms with Crippen molar-refractivity contribution in [2.24, 2.45) is 0 Å². The first kappa shape index (κ1) is 17.2. The van der Waals surface area contributed by atoms with E-state index in [2.05, 4.69) is 20.7 Å². The maximum absolute atomic E-state index is 12.3. The number of amides is 1. The van der Waals surface area contributed by atoms with Crippen LogP contribution in [0.1, 0.15) is 28.7 Å². The van der Waals surface area contributed by atoms with Crippen molar-refractivity contribution in [3.63, 3.8) is 0 Å². The number of nitrogens with one attached hydrogen (secondary N) is 1. The number of carbonyl (C=O) groups excluding carboxylic acids is 1. The van der Waals surface area contributed by atoms with Gasteiger partial charge in [-0.05, 0) is 30.7 Å². The van der Waals surface area contributed by atoms with Gasteiger partial charge in [-0.3, -0.25) is 10.1 Å². The van der Waals surface area contributed by atoms with Crippen LogP contribution < -0.4 is 5.32 Å². The summed E-state index contributed by atoms with van der Waals surface area (Å²) in [6, 6.07) is 11.1. The fourth-order valence-corrected chi connectivity index (χ4v) is 3.65. The highest BCUT2D eigenvalue weighted by atomic mass is 32.1. The molecular weight excluding hydrogens is 356 g/mol. The molecule has 0 spiro atoms. The zero-order valence-electron chi connectivity index (χ0n) is 13.3. The van der Waals surface area contributed by atoms with Crippen molar-refractivity contribution in [2.75, 3.05) is 5.32 Å². The molecule has 126 valence electrons. The molecule has 0 saturated heterocycles. The van der Waals surface area contributed by atoms with Crippen molar-refractivity contribution in [2.45, 2.75) is 19.4 Å². The van der Waals surface area contributed by atoms with E-state index in [1.165, 1.54) is 11.3 Å². The number of anilines is 1. The van der Waals surface area contributed by atoms with Gasteiger partial charge in [-0.2, -0.15) is 9.64 Å². The molecule has 8 heteroatoms. The number of hydrogen-bond acceptors (Lipinski definition) is 7. The summed E-state index contributed by atoms with van der Waals surface area (Å²) >= 11 is 2.52. The lowest BCUT2D eigenvalue weighted by molar-refractivity contribution is 0.102. The molecule has 0 aliphatic carbocycles. The summed E-state index contributed by atoms with van der Waals surface area (Å²) in [5.74, 6) is 0.244. The highest BCUT2D eigenvalue weighted by Gasteiger charge is 2.13. The number of aliphatic hydroxyl groups is 1. The predicted octanol–water partition coefficient (Wildman–Crippen LogP) is 3.31. The van der Waals surface area contributed by atoms with Crippen molar-refractivity contribution < 1.29 is 9.90 Å². The molecule has 0 bridgehead atoms. The van der Waals surface area contributed by atoms with Crippen LogP contribution in [0.25, 0.3) is 10.4 Å². The first-order valence-corrected chi connectivity index (χ1v) is 9.11. The van der Waals surface area contributed by atoms with Gasteiger partial charge in [0.2, 0.25) is 5.13 Å². The summed E-state index contributed by atoms with van der Waals surface area (Å²) in [6.07, 6.45) is -0.175. The summed E-state index contributed by atoms with van der Waals surface area (Å²) in [6.45, 7) is 1.66. The van der Waals surface area contributed by atoms with Crippen molar-refractivity contribution in [1.82, 2.24) is 9.36 Å². The van der Waals surface area contributed by atoms with Crippen LogP contribution in [0.3, 0.4) is 0 Å². The van der Waals surface area contributed by atoms with E-state index in [9.17, 15) is 9.90 Å². The standard InChI is InChI=1S/C17H14N4O2S2/c1-10(22)5-15-19-17(25-21-15)20-16(23)13-7-14(24-9-13)12-4-2-3-11(6-12)8-18/h2-4,6-7,9-10,22H,5H2,1H3,(H,19,20,21,23). The molecule has 0 aliphatic heterocycles. The van der Waals surface area contributed by atoms with Gasteiger partial charge in [-0.15, -0.1) is 11.3 Å². The fourth-order valence-electron chi connectivity index (χ4n) is 2.17. The van der Waals surface area contributed by atoms with E-state index in [4.69, 9.17) is 5.26 Å². The molecule has 2 heterocycles. The van der Waals surface area contributed by atoms with E-state index in [0.717, 1.165) is 22.0 Å². The highest BCUT2D eigenvalue weighted by molar-refractivity contribution is 7.14. The Bertz CT molecular complexity index is 940. The molecule has 0 fully saturated rings. The monoisotopic (exact) mass is 370 g/mol. The number of rotatable bonds is 5. The van der Waals surface area contributed by atoms with Gasteiger partial charge in [0.25, 0.3) is 5.91 Å². The van der Waals surface area contributed by atoms with E-state index in [1.54, 1.807) is 30.5 Å². The van der Waals surface area contributed by atoms with Gasteiger partial charge in [0.05, 0.1) is 23.3 Å². The Hall–Kier alpha value is -2.60. The zero-order valence-corrected chi connectivity index (χ0v) is 14.9. The van der Waals surface area contributed by atoms with Gasteiger partial charge in [0.1, 0.15) is 5.82 Å². The molecule has 0 aliphatic rings. The van der Waals surface area contributed by atoms with Crippen LogP contribution >= 0.6 is 22.9 Å². The third-order valence-corrected chi connectivity index (χ3v) is 4.95. The summed E-state index contributed by atoms with van der Waals surface area (Å²) in [7, 11) is 0. The Labute approximate surface area is 152 Å². The maximum Gasteiger partial charge on any atom is 0.258 e. The molecule has 0 radical (unpaired) electrons. The predicted molar refractivity (Wildman–Crippen MR) is 97.7 cm³/mol. The number of aromatic nitrogens is 2. The lowest BCUT2D eigenvalue weighted by Crippen LogP contribution is -2.11. The minimum atomic E-state index is -0.526. The molecule has 1 unspecified atom stereocenters. The van der Waals surface area contributed by atoms with Crippen LogP contribution in [0.15, 0.2) is 35.7 Å². The SMILES string of the molecule is CC(O)Cc1nsc(NC(=O)c2csc(-c3cccc(C#N)c3)c2)n1. The highest BCUT2D eigenvalue weighted by Crippen LogP contribution is 2.28. The van der Waals surface area contributed by atoms with E-state index in [-0.39, 0.29) is 5.91 Å². The third kappa shape index (κ3) is 4.28. The normalized spacial score (nSPS) is 11.7. The number of carbonyl (C=O) groups is 1. The minimum absolute atomic E-state index is 0.265. The quantitative estimate of drug-likeness (QED) is 0.718. The molecule has 2 N–H and O–H groups in total. The smallest absolute Gasteiger partial charge is 0.258 e. The zero-order chi connectivity index (χ0) is 17.8. The van der Waals surface area contributed by atoms with Crippen molar-refractivity contribution in [3.8, 4) is 16.5 Å².